The van der Waals surface area contributed by atoms with Gasteiger partial charge in [0.2, 0.25) is 0 Å². The van der Waals surface area contributed by atoms with Gasteiger partial charge in [0, 0.05) is 19.2 Å². The maximum Gasteiger partial charge on any atom is 0.573 e. The molecule has 0 radical (unpaired) electrons. The molecule has 0 aliphatic rings. The Balaban J connectivity index is 2.93. The second-order valence-electron chi connectivity index (χ2n) is 3.44. The van der Waals surface area contributed by atoms with Crippen molar-refractivity contribution >= 4 is 11.4 Å². The maximum absolute atomic E-state index is 12.0. The smallest absolute Gasteiger partial charge is 0.406 e. The summed E-state index contributed by atoms with van der Waals surface area (Å²) in [6.45, 7) is 5.37. The molecule has 1 rings (SSSR count). The minimum Gasteiger partial charge on any atom is -0.406 e. The number of hydrogen-bond donors (Lipinski definition) is 1. The summed E-state index contributed by atoms with van der Waals surface area (Å²) < 4.78 is 39.8. The Kier molecular flexibility index (Phi) is 4.09. The molecule has 0 aliphatic carbocycles. The quantitative estimate of drug-likeness (QED) is 0.832. The predicted molar refractivity (Wildman–Crippen MR) is 61.1 cm³/mol. The molecule has 1 aromatic carbocycles. The zero-order valence-corrected chi connectivity index (χ0v) is 9.71. The number of alkyl halides is 3. The van der Waals surface area contributed by atoms with Gasteiger partial charge in [-0.15, -0.1) is 13.2 Å². The van der Waals surface area contributed by atoms with E-state index in [0.29, 0.717) is 5.69 Å². The van der Waals surface area contributed by atoms with Gasteiger partial charge in [-0.05, 0) is 26.0 Å². The molecule has 0 aliphatic heterocycles. The van der Waals surface area contributed by atoms with Gasteiger partial charge < -0.3 is 15.4 Å². The third kappa shape index (κ3) is 3.72. The molecule has 96 valence electrons. The first-order valence-corrected chi connectivity index (χ1v) is 5.27. The molecule has 0 atom stereocenters. The van der Waals surface area contributed by atoms with Crippen LogP contribution in [-0.2, 0) is 0 Å². The zero-order chi connectivity index (χ0) is 13.1. The zero-order valence-electron chi connectivity index (χ0n) is 9.71. The van der Waals surface area contributed by atoms with E-state index in [0.717, 1.165) is 13.1 Å². The Bertz CT molecular complexity index is 375. The molecular weight excluding hydrogens is 233 g/mol. The van der Waals surface area contributed by atoms with E-state index in [4.69, 9.17) is 5.73 Å². The van der Waals surface area contributed by atoms with Gasteiger partial charge in [-0.25, -0.2) is 0 Å². The molecule has 0 saturated carbocycles. The van der Waals surface area contributed by atoms with Crippen LogP contribution in [0.4, 0.5) is 24.5 Å². The van der Waals surface area contributed by atoms with Gasteiger partial charge in [0.25, 0.3) is 0 Å². The fourth-order valence-electron chi connectivity index (χ4n) is 1.58. The Morgan fingerprint density at radius 3 is 2.24 bits per heavy atom. The van der Waals surface area contributed by atoms with Crippen LogP contribution in [0.15, 0.2) is 18.2 Å². The minimum absolute atomic E-state index is 0.274. The number of ether oxygens (including phenoxy) is 1. The molecule has 0 bridgehead atoms. The molecule has 0 spiro atoms. The second-order valence-corrected chi connectivity index (χ2v) is 3.44. The molecule has 0 unspecified atom stereocenters. The van der Waals surface area contributed by atoms with E-state index in [1.807, 2.05) is 18.7 Å². The van der Waals surface area contributed by atoms with Gasteiger partial charge in [-0.2, -0.15) is 0 Å². The molecule has 0 saturated heterocycles. The maximum atomic E-state index is 12.0. The number of nitrogens with two attached hydrogens (primary N) is 1. The summed E-state index contributed by atoms with van der Waals surface area (Å²) >= 11 is 0. The number of nitrogen functional groups attached to an aromatic ring is 1. The van der Waals surface area contributed by atoms with Crippen molar-refractivity contribution in [2.24, 2.45) is 0 Å². The second kappa shape index (κ2) is 5.16. The highest BCUT2D eigenvalue weighted by Crippen LogP contribution is 2.30. The summed E-state index contributed by atoms with van der Waals surface area (Å²) in [5, 5.41) is 0. The number of nitrogens with zero attached hydrogens (tertiary/aromatic N) is 1. The Morgan fingerprint density at radius 1 is 1.24 bits per heavy atom. The van der Waals surface area contributed by atoms with Crippen molar-refractivity contribution in [1.29, 1.82) is 0 Å². The molecule has 0 amide bonds. The SMILES string of the molecule is CCN(CC)c1ccc(OC(F)(F)F)cc1N. The van der Waals surface area contributed by atoms with Crippen molar-refractivity contribution in [3.63, 3.8) is 0 Å². The van der Waals surface area contributed by atoms with Crippen LogP contribution in [0.3, 0.4) is 0 Å². The number of halogens is 3. The molecule has 17 heavy (non-hydrogen) atoms. The molecule has 0 heterocycles. The lowest BCUT2D eigenvalue weighted by molar-refractivity contribution is -0.274. The summed E-state index contributed by atoms with van der Waals surface area (Å²) in [5.41, 5.74) is 6.69. The van der Waals surface area contributed by atoms with Crippen molar-refractivity contribution in [2.75, 3.05) is 23.7 Å². The monoisotopic (exact) mass is 248 g/mol. The third-order valence-electron chi connectivity index (χ3n) is 2.34. The number of rotatable bonds is 4. The van der Waals surface area contributed by atoms with Crippen LogP contribution in [0.5, 0.6) is 5.75 Å². The van der Waals surface area contributed by atoms with Crippen LogP contribution in [0.25, 0.3) is 0 Å². The van der Waals surface area contributed by atoms with Crippen molar-refractivity contribution in [2.45, 2.75) is 20.2 Å². The topological polar surface area (TPSA) is 38.5 Å². The molecule has 3 nitrogen and oxygen atoms in total. The van der Waals surface area contributed by atoms with E-state index < -0.39 is 6.36 Å². The molecule has 1 aromatic rings. The van der Waals surface area contributed by atoms with Crippen LogP contribution in [0.1, 0.15) is 13.8 Å². The summed E-state index contributed by atoms with van der Waals surface area (Å²) in [4.78, 5) is 1.95. The van der Waals surface area contributed by atoms with E-state index in [1.54, 1.807) is 0 Å². The number of benzene rings is 1. The lowest BCUT2D eigenvalue weighted by Crippen LogP contribution is -2.23. The number of anilines is 2. The molecule has 0 aromatic heterocycles. The van der Waals surface area contributed by atoms with Crippen molar-refractivity contribution in [1.82, 2.24) is 0 Å². The first kappa shape index (κ1) is 13.5. The average Bonchev–Trinajstić information content (AvgIpc) is 2.20. The van der Waals surface area contributed by atoms with Crippen molar-refractivity contribution < 1.29 is 17.9 Å². The first-order valence-electron chi connectivity index (χ1n) is 5.27. The average molecular weight is 248 g/mol. The summed E-state index contributed by atoms with van der Waals surface area (Å²) in [7, 11) is 0. The largest absolute Gasteiger partial charge is 0.573 e. The van der Waals surface area contributed by atoms with Gasteiger partial charge in [-0.1, -0.05) is 0 Å². The lowest BCUT2D eigenvalue weighted by Gasteiger charge is -2.23. The predicted octanol–water partition coefficient (Wildman–Crippen LogP) is 3.01. The Labute approximate surface area is 98.0 Å². The highest BCUT2D eigenvalue weighted by atomic mass is 19.4. The highest BCUT2D eigenvalue weighted by Gasteiger charge is 2.31. The fraction of sp³-hybridized carbons (Fsp3) is 0.455. The van der Waals surface area contributed by atoms with Gasteiger partial charge in [-0.3, -0.25) is 0 Å². The molecule has 2 N–H and O–H groups in total. The summed E-state index contributed by atoms with van der Waals surface area (Å²) in [6, 6.07) is 3.97. The number of hydrogen-bond acceptors (Lipinski definition) is 3. The van der Waals surface area contributed by atoms with Gasteiger partial charge >= 0.3 is 6.36 Å². The van der Waals surface area contributed by atoms with Gasteiger partial charge in [0.15, 0.2) is 0 Å². The van der Waals surface area contributed by atoms with Crippen LogP contribution in [0, 0.1) is 0 Å². The third-order valence-corrected chi connectivity index (χ3v) is 2.34. The fourth-order valence-corrected chi connectivity index (χ4v) is 1.58. The Morgan fingerprint density at radius 2 is 1.82 bits per heavy atom. The molecular formula is C11H15F3N2O. The normalized spacial score (nSPS) is 11.4. The van der Waals surface area contributed by atoms with Crippen molar-refractivity contribution in [3.8, 4) is 5.75 Å². The standard InChI is InChI=1S/C11H15F3N2O/c1-3-16(4-2)10-6-5-8(7-9(10)15)17-11(12,13)14/h5-7H,3-4,15H2,1-2H3. The highest BCUT2D eigenvalue weighted by molar-refractivity contribution is 5.69. The Hall–Kier alpha value is -1.59. The van der Waals surface area contributed by atoms with E-state index in [2.05, 4.69) is 4.74 Å². The van der Waals surface area contributed by atoms with Crippen LogP contribution < -0.4 is 15.4 Å². The van der Waals surface area contributed by atoms with Crippen LogP contribution in [-0.4, -0.2) is 19.5 Å². The van der Waals surface area contributed by atoms with Crippen molar-refractivity contribution in [3.05, 3.63) is 18.2 Å². The van der Waals surface area contributed by atoms with Gasteiger partial charge in [0.05, 0.1) is 11.4 Å². The minimum atomic E-state index is -4.69. The van der Waals surface area contributed by atoms with E-state index in [-0.39, 0.29) is 11.4 Å². The lowest BCUT2D eigenvalue weighted by atomic mass is 10.2. The van der Waals surface area contributed by atoms with E-state index in [1.165, 1.54) is 18.2 Å². The summed E-state index contributed by atoms with van der Waals surface area (Å²) in [5.74, 6) is -0.300. The summed E-state index contributed by atoms with van der Waals surface area (Å²) in [6.07, 6.45) is -4.69. The van der Waals surface area contributed by atoms with Gasteiger partial charge in [0.1, 0.15) is 5.75 Å². The van der Waals surface area contributed by atoms with Crippen LogP contribution >= 0.6 is 0 Å². The molecule has 6 heteroatoms. The first-order chi connectivity index (χ1) is 7.87. The van der Waals surface area contributed by atoms with Crippen LogP contribution in [0.2, 0.25) is 0 Å². The van der Waals surface area contributed by atoms with E-state index >= 15 is 0 Å². The van der Waals surface area contributed by atoms with E-state index in [9.17, 15) is 13.2 Å². The molecule has 0 fully saturated rings.